The molecule has 0 aliphatic rings. The smallest absolute Gasteiger partial charge is 0.264 e. The van der Waals surface area contributed by atoms with Crippen molar-refractivity contribution in [3.05, 3.63) is 58.6 Å². The van der Waals surface area contributed by atoms with E-state index in [1.54, 1.807) is 43.4 Å². The van der Waals surface area contributed by atoms with Crippen molar-refractivity contribution in [2.24, 2.45) is 0 Å². The number of hydrogen-bond donors (Lipinski definition) is 0. The molecule has 0 saturated heterocycles. The molecule has 0 aliphatic carbocycles. The molecule has 3 nitrogen and oxygen atoms in total. The van der Waals surface area contributed by atoms with Gasteiger partial charge in [-0.3, -0.25) is 4.31 Å². The summed E-state index contributed by atoms with van der Waals surface area (Å²) in [5, 5.41) is 0. The molecule has 100 valence electrons. The number of anilines is 1. The Morgan fingerprint density at radius 2 is 1.68 bits per heavy atom. The highest BCUT2D eigenvalue weighted by atomic mass is 79.9. The third-order valence-electron chi connectivity index (χ3n) is 2.90. The average molecular weight is 340 g/mol. The molecule has 0 bridgehead atoms. The lowest BCUT2D eigenvalue weighted by Crippen LogP contribution is -2.27. The summed E-state index contributed by atoms with van der Waals surface area (Å²) >= 11 is 3.37. The molecule has 0 unspecified atom stereocenters. The second-order valence-electron chi connectivity index (χ2n) is 4.22. The van der Waals surface area contributed by atoms with Gasteiger partial charge in [0.05, 0.1) is 10.6 Å². The molecule has 2 aromatic rings. The van der Waals surface area contributed by atoms with E-state index in [0.29, 0.717) is 10.6 Å². The van der Waals surface area contributed by atoms with E-state index in [1.165, 1.54) is 4.31 Å². The van der Waals surface area contributed by atoms with Gasteiger partial charge in [0.15, 0.2) is 0 Å². The summed E-state index contributed by atoms with van der Waals surface area (Å²) in [6, 6.07) is 13.9. The maximum atomic E-state index is 12.5. The van der Waals surface area contributed by atoms with Crippen LogP contribution in [0.15, 0.2) is 57.9 Å². The first-order valence-electron chi connectivity index (χ1n) is 5.73. The molecule has 0 N–H and O–H groups in total. The van der Waals surface area contributed by atoms with Crippen LogP contribution in [0.2, 0.25) is 0 Å². The van der Waals surface area contributed by atoms with Gasteiger partial charge in [0.25, 0.3) is 10.0 Å². The summed E-state index contributed by atoms with van der Waals surface area (Å²) < 4.78 is 27.2. The van der Waals surface area contributed by atoms with Crippen LogP contribution >= 0.6 is 15.9 Å². The Morgan fingerprint density at radius 1 is 1.05 bits per heavy atom. The molecule has 0 spiro atoms. The Bertz CT molecular complexity index is 684. The minimum absolute atomic E-state index is 0.291. The van der Waals surface area contributed by atoms with Crippen LogP contribution in [0.4, 0.5) is 5.69 Å². The van der Waals surface area contributed by atoms with Crippen molar-refractivity contribution < 1.29 is 8.42 Å². The van der Waals surface area contributed by atoms with E-state index in [-0.39, 0.29) is 0 Å². The predicted octanol–water partition coefficient (Wildman–Crippen LogP) is 3.58. The average Bonchev–Trinajstić information content (AvgIpc) is 2.39. The third-order valence-corrected chi connectivity index (χ3v) is 5.18. The summed E-state index contributed by atoms with van der Waals surface area (Å²) in [6.45, 7) is 1.89. The number of benzene rings is 2. The maximum absolute atomic E-state index is 12.5. The van der Waals surface area contributed by atoms with Crippen molar-refractivity contribution in [2.45, 2.75) is 11.8 Å². The van der Waals surface area contributed by atoms with Gasteiger partial charge in [0.2, 0.25) is 0 Å². The largest absolute Gasteiger partial charge is 0.269 e. The Hall–Kier alpha value is -1.33. The Labute approximate surface area is 122 Å². The Morgan fingerprint density at radius 3 is 2.26 bits per heavy atom. The summed E-state index contributed by atoms with van der Waals surface area (Å²) in [6.07, 6.45) is 0. The number of hydrogen-bond acceptors (Lipinski definition) is 2. The lowest BCUT2D eigenvalue weighted by atomic mass is 10.2. The highest BCUT2D eigenvalue weighted by Gasteiger charge is 2.21. The zero-order valence-electron chi connectivity index (χ0n) is 10.7. The van der Waals surface area contributed by atoms with E-state index >= 15 is 0 Å². The number of aryl methyl sites for hydroxylation is 1. The first-order valence-corrected chi connectivity index (χ1v) is 7.96. The van der Waals surface area contributed by atoms with E-state index in [0.717, 1.165) is 10.0 Å². The zero-order chi connectivity index (χ0) is 14.0. The molecule has 0 amide bonds. The van der Waals surface area contributed by atoms with Gasteiger partial charge in [-0.25, -0.2) is 8.42 Å². The number of nitrogens with zero attached hydrogens (tertiary/aromatic N) is 1. The quantitative estimate of drug-likeness (QED) is 0.856. The second kappa shape index (κ2) is 5.35. The number of halogens is 1. The Balaban J connectivity index is 2.47. The molecule has 0 saturated carbocycles. The van der Waals surface area contributed by atoms with Gasteiger partial charge in [-0.15, -0.1) is 0 Å². The van der Waals surface area contributed by atoms with E-state index in [4.69, 9.17) is 0 Å². The van der Waals surface area contributed by atoms with Crippen LogP contribution < -0.4 is 4.31 Å². The molecule has 5 heteroatoms. The molecule has 0 aromatic heterocycles. The molecular formula is C14H14BrNO2S. The zero-order valence-corrected chi connectivity index (χ0v) is 13.1. The van der Waals surface area contributed by atoms with Crippen LogP contribution in [0.25, 0.3) is 0 Å². The normalized spacial score (nSPS) is 11.3. The van der Waals surface area contributed by atoms with Gasteiger partial charge in [-0.1, -0.05) is 34.1 Å². The first-order chi connectivity index (χ1) is 8.93. The molecule has 0 fully saturated rings. The highest BCUT2D eigenvalue weighted by Crippen LogP contribution is 2.27. The third kappa shape index (κ3) is 2.82. The van der Waals surface area contributed by atoms with Crippen LogP contribution in [-0.2, 0) is 10.0 Å². The summed E-state index contributed by atoms with van der Waals surface area (Å²) in [4.78, 5) is 0.291. The van der Waals surface area contributed by atoms with E-state index in [1.807, 2.05) is 19.1 Å². The fourth-order valence-corrected chi connectivity index (χ4v) is 3.61. The first kappa shape index (κ1) is 14.1. The molecule has 2 rings (SSSR count). The van der Waals surface area contributed by atoms with Crippen LogP contribution in [-0.4, -0.2) is 15.5 Å². The van der Waals surface area contributed by atoms with E-state index < -0.39 is 10.0 Å². The van der Waals surface area contributed by atoms with Crippen molar-refractivity contribution in [3.63, 3.8) is 0 Å². The van der Waals surface area contributed by atoms with Crippen molar-refractivity contribution >= 4 is 31.6 Å². The Kier molecular flexibility index (Phi) is 3.96. The fourth-order valence-electron chi connectivity index (χ4n) is 1.85. The molecule has 19 heavy (non-hydrogen) atoms. The van der Waals surface area contributed by atoms with Crippen LogP contribution in [0.5, 0.6) is 0 Å². The summed E-state index contributed by atoms with van der Waals surface area (Å²) in [7, 11) is -1.94. The fraction of sp³-hybridized carbons (Fsp3) is 0.143. The van der Waals surface area contributed by atoms with Crippen molar-refractivity contribution in [1.82, 2.24) is 0 Å². The number of sulfonamides is 1. The molecule has 0 atom stereocenters. The monoisotopic (exact) mass is 339 g/mol. The van der Waals surface area contributed by atoms with Gasteiger partial charge in [0, 0.05) is 11.5 Å². The van der Waals surface area contributed by atoms with Crippen LogP contribution in [0.3, 0.4) is 0 Å². The molecule has 0 heterocycles. The van der Waals surface area contributed by atoms with Crippen molar-refractivity contribution in [2.75, 3.05) is 11.4 Å². The summed E-state index contributed by atoms with van der Waals surface area (Å²) in [5.74, 6) is 0. The van der Waals surface area contributed by atoms with Gasteiger partial charge in [0.1, 0.15) is 0 Å². The van der Waals surface area contributed by atoms with Gasteiger partial charge in [-0.2, -0.15) is 0 Å². The van der Waals surface area contributed by atoms with Crippen molar-refractivity contribution in [3.8, 4) is 0 Å². The van der Waals surface area contributed by atoms with Gasteiger partial charge < -0.3 is 0 Å². The minimum Gasteiger partial charge on any atom is -0.269 e. The topological polar surface area (TPSA) is 37.4 Å². The maximum Gasteiger partial charge on any atom is 0.264 e. The lowest BCUT2D eigenvalue weighted by Gasteiger charge is -2.21. The van der Waals surface area contributed by atoms with E-state index in [9.17, 15) is 8.42 Å². The van der Waals surface area contributed by atoms with Crippen LogP contribution in [0.1, 0.15) is 5.56 Å². The number of rotatable bonds is 3. The predicted molar refractivity (Wildman–Crippen MR) is 80.9 cm³/mol. The molecule has 0 radical (unpaired) electrons. The molecular weight excluding hydrogens is 326 g/mol. The van der Waals surface area contributed by atoms with E-state index in [2.05, 4.69) is 15.9 Å². The van der Waals surface area contributed by atoms with Crippen LogP contribution in [0, 0.1) is 6.92 Å². The van der Waals surface area contributed by atoms with Crippen molar-refractivity contribution in [1.29, 1.82) is 0 Å². The minimum atomic E-state index is -3.51. The second-order valence-corrected chi connectivity index (χ2v) is 7.10. The SMILES string of the molecule is Cc1cc(Br)ccc1N(C)S(=O)(=O)c1ccccc1. The van der Waals surface area contributed by atoms with Gasteiger partial charge in [-0.05, 0) is 42.8 Å². The molecule has 0 aliphatic heterocycles. The lowest BCUT2D eigenvalue weighted by molar-refractivity contribution is 0.594. The van der Waals surface area contributed by atoms with Gasteiger partial charge >= 0.3 is 0 Å². The molecule has 2 aromatic carbocycles. The summed E-state index contributed by atoms with van der Waals surface area (Å²) in [5.41, 5.74) is 1.57. The highest BCUT2D eigenvalue weighted by molar-refractivity contribution is 9.10. The standard InChI is InChI=1S/C14H14BrNO2S/c1-11-10-12(15)8-9-14(11)16(2)19(17,18)13-6-4-3-5-7-13/h3-10H,1-2H3.